The normalized spacial score (nSPS) is 26.9. The summed E-state index contributed by atoms with van der Waals surface area (Å²) in [5.41, 5.74) is 4.43. The first kappa shape index (κ1) is 19.0. The van der Waals surface area contributed by atoms with Crippen LogP contribution in [0.25, 0.3) is 0 Å². The summed E-state index contributed by atoms with van der Waals surface area (Å²) in [6, 6.07) is 0. The van der Waals surface area contributed by atoms with Gasteiger partial charge in [0.25, 0.3) is 0 Å². The largest absolute Gasteiger partial charge is 0.257 e. The summed E-state index contributed by atoms with van der Waals surface area (Å²) in [6.45, 7) is 14.1. The van der Waals surface area contributed by atoms with Gasteiger partial charge in [0.05, 0.1) is 5.70 Å². The van der Waals surface area contributed by atoms with Crippen LogP contribution in [0.1, 0.15) is 27.2 Å². The number of allylic oxidation sites excluding steroid dienone is 11. The van der Waals surface area contributed by atoms with Gasteiger partial charge in [-0.1, -0.05) is 68.4 Å². The maximum absolute atomic E-state index is 4.59. The van der Waals surface area contributed by atoms with Gasteiger partial charge >= 0.3 is 0 Å². The van der Waals surface area contributed by atoms with Gasteiger partial charge in [-0.15, -0.1) is 0 Å². The maximum Gasteiger partial charge on any atom is 0.129 e. The van der Waals surface area contributed by atoms with Crippen LogP contribution in [0, 0.1) is 0 Å². The van der Waals surface area contributed by atoms with Crippen LogP contribution in [-0.2, 0) is 0 Å². The lowest BCUT2D eigenvalue weighted by Gasteiger charge is -2.10. The molecule has 1 unspecified atom stereocenters. The van der Waals surface area contributed by atoms with E-state index in [2.05, 4.69) is 49.4 Å². The van der Waals surface area contributed by atoms with Crippen LogP contribution in [0.4, 0.5) is 0 Å². The van der Waals surface area contributed by atoms with E-state index in [4.69, 9.17) is 0 Å². The molecule has 0 aromatic carbocycles. The lowest BCUT2D eigenvalue weighted by molar-refractivity contribution is 1.07. The van der Waals surface area contributed by atoms with Gasteiger partial charge in [-0.25, -0.2) is 0 Å². The Labute approximate surface area is 142 Å². The number of aliphatic imine (C=N–C) groups is 1. The number of hydrogen-bond acceptors (Lipinski definition) is 1. The van der Waals surface area contributed by atoms with Crippen molar-refractivity contribution in [2.24, 2.45) is 4.99 Å². The maximum atomic E-state index is 4.59. The minimum Gasteiger partial charge on any atom is -0.257 e. The minimum absolute atomic E-state index is 0.513. The van der Waals surface area contributed by atoms with Gasteiger partial charge in [0.1, 0.15) is 7.28 Å². The zero-order valence-electron chi connectivity index (χ0n) is 14.8. The van der Waals surface area contributed by atoms with Crippen molar-refractivity contribution in [2.45, 2.75) is 39.3 Å². The smallest absolute Gasteiger partial charge is 0.129 e. The van der Waals surface area contributed by atoms with E-state index in [1.807, 2.05) is 44.4 Å². The molecule has 1 nitrogen and oxygen atoms in total. The standard InChI is InChI=1S/C21H28BN/c1-6-8-13-23-21-14-18(5)22-12-11-19(7-2)15-20(16-21)10-9-17(3)4/h6-10,13-16,18,22H,2-3,11-12H2,1,4-5H3/b8-6-,10-9-,19-15+,20-16-,21-14+,23-13-. The van der Waals surface area contributed by atoms with E-state index in [9.17, 15) is 0 Å². The summed E-state index contributed by atoms with van der Waals surface area (Å²) in [4.78, 5) is 4.59. The van der Waals surface area contributed by atoms with E-state index in [0.717, 1.165) is 23.3 Å². The van der Waals surface area contributed by atoms with Gasteiger partial charge in [-0.05, 0) is 49.4 Å². The number of hydrogen-bond donors (Lipinski definition) is 0. The third kappa shape index (κ3) is 8.20. The average molecular weight is 305 g/mol. The van der Waals surface area contributed by atoms with Crippen LogP contribution in [0.15, 0.2) is 89.2 Å². The highest BCUT2D eigenvalue weighted by Crippen LogP contribution is 2.21. The Bertz CT molecular complexity index is 597. The second-order valence-electron chi connectivity index (χ2n) is 6.01. The molecule has 1 aliphatic heterocycles. The van der Waals surface area contributed by atoms with Crippen molar-refractivity contribution in [3.05, 3.63) is 84.2 Å². The fourth-order valence-electron chi connectivity index (χ4n) is 2.34. The third-order valence-electron chi connectivity index (χ3n) is 3.57. The van der Waals surface area contributed by atoms with Gasteiger partial charge in [-0.3, -0.25) is 4.99 Å². The Morgan fingerprint density at radius 1 is 1.39 bits per heavy atom. The monoisotopic (exact) mass is 305 g/mol. The fourth-order valence-corrected chi connectivity index (χ4v) is 2.34. The van der Waals surface area contributed by atoms with E-state index in [0.29, 0.717) is 5.82 Å². The fraction of sp³-hybridized carbons (Fsp3) is 0.286. The first-order valence-corrected chi connectivity index (χ1v) is 8.30. The van der Waals surface area contributed by atoms with E-state index in [-0.39, 0.29) is 0 Å². The predicted octanol–water partition coefficient (Wildman–Crippen LogP) is 5.76. The van der Waals surface area contributed by atoms with Crippen molar-refractivity contribution < 1.29 is 0 Å². The van der Waals surface area contributed by atoms with Crippen LogP contribution < -0.4 is 0 Å². The summed E-state index contributed by atoms with van der Waals surface area (Å²) in [5.74, 6) is 0.513. The van der Waals surface area contributed by atoms with E-state index >= 15 is 0 Å². The lowest BCUT2D eigenvalue weighted by Crippen LogP contribution is -1.99. The highest BCUT2D eigenvalue weighted by Gasteiger charge is 2.06. The van der Waals surface area contributed by atoms with Crippen molar-refractivity contribution in [3.8, 4) is 0 Å². The summed E-state index contributed by atoms with van der Waals surface area (Å²) in [6.07, 6.45) is 20.7. The van der Waals surface area contributed by atoms with Crippen molar-refractivity contribution >= 4 is 13.5 Å². The first-order chi connectivity index (χ1) is 11.0. The molecular weight excluding hydrogens is 277 g/mol. The number of nitrogens with zero attached hydrogens (tertiary/aromatic N) is 1. The third-order valence-corrected chi connectivity index (χ3v) is 3.57. The summed E-state index contributed by atoms with van der Waals surface area (Å²) < 4.78 is 0. The molecule has 0 spiro atoms. The zero-order chi connectivity index (χ0) is 17.1. The van der Waals surface area contributed by atoms with Gasteiger partial charge in [-0.2, -0.15) is 0 Å². The Morgan fingerprint density at radius 2 is 2.17 bits per heavy atom. The lowest BCUT2D eigenvalue weighted by atomic mass is 9.61. The molecule has 0 aromatic heterocycles. The van der Waals surface area contributed by atoms with Crippen LogP contribution in [-0.4, -0.2) is 13.5 Å². The van der Waals surface area contributed by atoms with E-state index < -0.39 is 0 Å². The average Bonchev–Trinajstić information content (AvgIpc) is 2.51. The Hall–Kier alpha value is -2.09. The highest BCUT2D eigenvalue weighted by atomic mass is 14.7. The molecule has 1 rings (SSSR count). The zero-order valence-corrected chi connectivity index (χ0v) is 14.8. The van der Waals surface area contributed by atoms with Crippen molar-refractivity contribution in [2.75, 3.05) is 0 Å². The SMILES string of the molecule is C=C\C1=C/C(/C=C\C(=C)C)=C\C(\N=C/C=C\C)=C/C(C)BCC1. The molecule has 0 aliphatic carbocycles. The molecule has 1 aliphatic rings. The Morgan fingerprint density at radius 3 is 2.83 bits per heavy atom. The highest BCUT2D eigenvalue weighted by molar-refractivity contribution is 6.38. The van der Waals surface area contributed by atoms with Crippen molar-refractivity contribution in [3.63, 3.8) is 0 Å². The minimum atomic E-state index is 0.513. The number of rotatable bonds is 5. The van der Waals surface area contributed by atoms with Crippen LogP contribution >= 0.6 is 0 Å². The molecule has 0 N–H and O–H groups in total. The molecule has 0 aromatic rings. The molecule has 1 heterocycles. The van der Waals surface area contributed by atoms with Crippen molar-refractivity contribution in [1.82, 2.24) is 0 Å². The Kier molecular flexibility index (Phi) is 8.75. The topological polar surface area (TPSA) is 12.4 Å². The van der Waals surface area contributed by atoms with Crippen LogP contribution in [0.3, 0.4) is 0 Å². The molecule has 2 heteroatoms. The second kappa shape index (κ2) is 10.6. The van der Waals surface area contributed by atoms with E-state index in [1.165, 1.54) is 19.2 Å². The summed E-state index contributed by atoms with van der Waals surface area (Å²) in [7, 11) is 1.17. The summed E-state index contributed by atoms with van der Waals surface area (Å²) >= 11 is 0. The summed E-state index contributed by atoms with van der Waals surface area (Å²) in [5, 5.41) is 0. The molecular formula is C21H28BN. The van der Waals surface area contributed by atoms with Gasteiger partial charge in [0, 0.05) is 6.21 Å². The molecule has 0 radical (unpaired) electrons. The van der Waals surface area contributed by atoms with E-state index in [1.54, 1.807) is 0 Å². The second-order valence-corrected chi connectivity index (χ2v) is 6.01. The molecule has 1 atom stereocenters. The molecule has 23 heavy (non-hydrogen) atoms. The van der Waals surface area contributed by atoms with Crippen LogP contribution in [0.2, 0.25) is 12.1 Å². The molecule has 0 bridgehead atoms. The molecule has 0 amide bonds. The van der Waals surface area contributed by atoms with Gasteiger partial charge in [0.2, 0.25) is 0 Å². The first-order valence-electron chi connectivity index (χ1n) is 8.30. The molecule has 0 saturated heterocycles. The molecule has 0 saturated carbocycles. The molecule has 120 valence electrons. The van der Waals surface area contributed by atoms with Gasteiger partial charge in [0.15, 0.2) is 0 Å². The Balaban J connectivity index is 3.30. The van der Waals surface area contributed by atoms with Gasteiger partial charge < -0.3 is 0 Å². The van der Waals surface area contributed by atoms with Crippen LogP contribution in [0.5, 0.6) is 0 Å². The van der Waals surface area contributed by atoms with Crippen molar-refractivity contribution in [1.29, 1.82) is 0 Å². The quantitative estimate of drug-likeness (QED) is 0.348. The molecule has 0 fully saturated rings. The predicted molar refractivity (Wildman–Crippen MR) is 108 cm³/mol.